The van der Waals surface area contributed by atoms with Crippen LogP contribution in [0.4, 0.5) is 5.69 Å². The van der Waals surface area contributed by atoms with E-state index in [1.165, 1.54) is 0 Å². The molecule has 2 nitrogen and oxygen atoms in total. The Labute approximate surface area is 82.2 Å². The van der Waals surface area contributed by atoms with Crippen molar-refractivity contribution in [3.8, 4) is 6.07 Å². The summed E-state index contributed by atoms with van der Waals surface area (Å²) in [6.45, 7) is 0. The fraction of sp³-hybridized carbons (Fsp3) is 0.100. The zero-order valence-electron chi connectivity index (χ0n) is 7.00. The van der Waals surface area contributed by atoms with Gasteiger partial charge in [-0.2, -0.15) is 5.26 Å². The second-order valence-corrected chi connectivity index (χ2v) is 2.91. The number of anilines is 1. The molecule has 0 fully saturated rings. The Morgan fingerprint density at radius 2 is 2.31 bits per heavy atom. The maximum atomic E-state index is 8.32. The van der Waals surface area contributed by atoms with Gasteiger partial charge >= 0.3 is 0 Å². The zero-order chi connectivity index (χ0) is 9.68. The average Bonchev–Trinajstić information content (AvgIpc) is 2.10. The maximum Gasteiger partial charge on any atom is 0.0663 e. The van der Waals surface area contributed by atoms with Crippen LogP contribution < -0.4 is 5.73 Å². The van der Waals surface area contributed by atoms with Gasteiger partial charge in [-0.3, -0.25) is 0 Å². The number of nitrogens with zero attached hydrogens (tertiary/aromatic N) is 1. The first-order valence-corrected chi connectivity index (χ1v) is 4.21. The molecule has 0 unspecified atom stereocenters. The molecule has 2 N–H and O–H groups in total. The highest BCUT2D eigenvalue weighted by Gasteiger charge is 1.98. The van der Waals surface area contributed by atoms with E-state index >= 15 is 0 Å². The van der Waals surface area contributed by atoms with E-state index < -0.39 is 0 Å². The second-order valence-electron chi connectivity index (χ2n) is 2.51. The number of nitrogen functional groups attached to an aromatic ring is 1. The van der Waals surface area contributed by atoms with Crippen LogP contribution >= 0.6 is 11.6 Å². The first kappa shape index (κ1) is 9.63. The van der Waals surface area contributed by atoms with Crippen LogP contribution in [0.2, 0.25) is 5.02 Å². The molecule has 0 bridgehead atoms. The number of hydrogen-bond donors (Lipinski definition) is 1. The summed E-state index contributed by atoms with van der Waals surface area (Å²) in [4.78, 5) is 0. The average molecular weight is 193 g/mol. The third kappa shape index (κ3) is 2.50. The molecule has 0 aliphatic rings. The van der Waals surface area contributed by atoms with Crippen LogP contribution in [-0.4, -0.2) is 0 Å². The molecule has 3 heteroatoms. The number of hydrogen-bond acceptors (Lipinski definition) is 2. The SMILES string of the molecule is N#CCC=Cc1c(N)cccc1Cl. The highest BCUT2D eigenvalue weighted by atomic mass is 35.5. The zero-order valence-corrected chi connectivity index (χ0v) is 7.75. The number of nitrogens with two attached hydrogens (primary N) is 1. The molecule has 0 aliphatic heterocycles. The largest absolute Gasteiger partial charge is 0.398 e. The molecule has 0 atom stereocenters. The smallest absolute Gasteiger partial charge is 0.0663 e. The van der Waals surface area contributed by atoms with Crippen LogP contribution in [0.15, 0.2) is 24.3 Å². The van der Waals surface area contributed by atoms with Gasteiger partial charge in [0.2, 0.25) is 0 Å². The molecular weight excluding hydrogens is 184 g/mol. The number of rotatable bonds is 2. The summed E-state index contributed by atoms with van der Waals surface area (Å²) in [5, 5.41) is 8.92. The van der Waals surface area contributed by atoms with E-state index in [-0.39, 0.29) is 0 Å². The van der Waals surface area contributed by atoms with E-state index in [1.54, 1.807) is 30.4 Å². The predicted molar refractivity (Wildman–Crippen MR) is 55.1 cm³/mol. The Kier molecular flexibility index (Phi) is 3.36. The van der Waals surface area contributed by atoms with Crippen molar-refractivity contribution in [2.45, 2.75) is 6.42 Å². The van der Waals surface area contributed by atoms with Gasteiger partial charge in [-0.25, -0.2) is 0 Å². The molecule has 0 spiro atoms. The van der Waals surface area contributed by atoms with Crippen LogP contribution in [0.25, 0.3) is 6.08 Å². The molecule has 13 heavy (non-hydrogen) atoms. The van der Waals surface area contributed by atoms with Gasteiger partial charge in [0.1, 0.15) is 0 Å². The van der Waals surface area contributed by atoms with Crippen LogP contribution in [-0.2, 0) is 0 Å². The molecule has 1 rings (SSSR count). The Bertz CT molecular complexity index is 343. The van der Waals surface area contributed by atoms with Crippen molar-refractivity contribution in [1.82, 2.24) is 0 Å². The van der Waals surface area contributed by atoms with Crippen LogP contribution in [0.1, 0.15) is 12.0 Å². The molecule has 0 aliphatic carbocycles. The fourth-order valence-electron chi connectivity index (χ4n) is 0.959. The Balaban J connectivity index is 2.94. The fourth-order valence-corrected chi connectivity index (χ4v) is 1.20. The summed E-state index contributed by atoms with van der Waals surface area (Å²) in [5.41, 5.74) is 7.09. The second kappa shape index (κ2) is 4.54. The third-order valence-corrected chi connectivity index (χ3v) is 1.91. The maximum absolute atomic E-state index is 8.32. The first-order valence-electron chi connectivity index (χ1n) is 3.83. The molecule has 1 aromatic rings. The minimum atomic E-state index is 0.366. The minimum Gasteiger partial charge on any atom is -0.398 e. The van der Waals surface area contributed by atoms with Gasteiger partial charge in [0, 0.05) is 16.3 Å². The van der Waals surface area contributed by atoms with Crippen molar-refractivity contribution in [1.29, 1.82) is 5.26 Å². The summed E-state index contributed by atoms with van der Waals surface area (Å²) >= 11 is 5.89. The number of allylic oxidation sites excluding steroid dienone is 1. The molecule has 0 radical (unpaired) electrons. The molecular formula is C10H9ClN2. The van der Waals surface area contributed by atoms with Crippen LogP contribution in [0.3, 0.4) is 0 Å². The van der Waals surface area contributed by atoms with Crippen molar-refractivity contribution in [3.63, 3.8) is 0 Å². The Morgan fingerprint density at radius 1 is 1.54 bits per heavy atom. The molecule has 0 saturated heterocycles. The van der Waals surface area contributed by atoms with Gasteiger partial charge in [-0.05, 0) is 12.1 Å². The summed E-state index contributed by atoms with van der Waals surface area (Å²) in [6, 6.07) is 7.34. The summed E-state index contributed by atoms with van der Waals surface area (Å²) in [6.07, 6.45) is 3.86. The molecule has 1 aromatic carbocycles. The van der Waals surface area contributed by atoms with Gasteiger partial charge in [0.25, 0.3) is 0 Å². The predicted octanol–water partition coefficient (Wildman–Crippen LogP) is 2.85. The number of halogens is 1. The molecule has 0 aromatic heterocycles. The van der Waals surface area contributed by atoms with Crippen molar-refractivity contribution in [2.24, 2.45) is 0 Å². The van der Waals surface area contributed by atoms with Gasteiger partial charge < -0.3 is 5.73 Å². The van der Waals surface area contributed by atoms with Gasteiger partial charge in [0.15, 0.2) is 0 Å². The number of benzene rings is 1. The van der Waals surface area contributed by atoms with Gasteiger partial charge in [-0.15, -0.1) is 0 Å². The highest BCUT2D eigenvalue weighted by molar-refractivity contribution is 6.32. The lowest BCUT2D eigenvalue weighted by atomic mass is 10.1. The lowest BCUT2D eigenvalue weighted by Crippen LogP contribution is -1.88. The quantitative estimate of drug-likeness (QED) is 0.733. The van der Waals surface area contributed by atoms with Gasteiger partial charge in [-0.1, -0.05) is 29.8 Å². The Morgan fingerprint density at radius 3 is 2.92 bits per heavy atom. The van der Waals surface area contributed by atoms with E-state index in [1.807, 2.05) is 6.07 Å². The first-order chi connectivity index (χ1) is 6.25. The van der Waals surface area contributed by atoms with Crippen LogP contribution in [0, 0.1) is 11.3 Å². The highest BCUT2D eigenvalue weighted by Crippen LogP contribution is 2.23. The summed E-state index contributed by atoms with van der Waals surface area (Å²) in [5.74, 6) is 0. The standard InChI is InChI=1S/C10H9ClN2/c11-9-5-3-6-10(13)8(9)4-1-2-7-12/h1,3-6H,2,13H2. The van der Waals surface area contributed by atoms with Crippen molar-refractivity contribution >= 4 is 23.4 Å². The minimum absolute atomic E-state index is 0.366. The lowest BCUT2D eigenvalue weighted by molar-refractivity contribution is 1.36. The topological polar surface area (TPSA) is 49.8 Å². The van der Waals surface area contributed by atoms with Crippen molar-refractivity contribution in [2.75, 3.05) is 5.73 Å². The van der Waals surface area contributed by atoms with E-state index in [9.17, 15) is 0 Å². The van der Waals surface area contributed by atoms with Crippen molar-refractivity contribution in [3.05, 3.63) is 34.9 Å². The summed E-state index contributed by atoms with van der Waals surface area (Å²) in [7, 11) is 0. The summed E-state index contributed by atoms with van der Waals surface area (Å²) < 4.78 is 0. The molecule has 0 saturated carbocycles. The lowest BCUT2D eigenvalue weighted by Gasteiger charge is -2.01. The van der Waals surface area contributed by atoms with E-state index in [0.29, 0.717) is 17.1 Å². The van der Waals surface area contributed by atoms with Crippen molar-refractivity contribution < 1.29 is 0 Å². The van der Waals surface area contributed by atoms with Crippen LogP contribution in [0.5, 0.6) is 0 Å². The van der Waals surface area contributed by atoms with E-state index in [0.717, 1.165) is 5.56 Å². The van der Waals surface area contributed by atoms with Gasteiger partial charge in [0.05, 0.1) is 12.5 Å². The van der Waals surface area contributed by atoms with E-state index in [4.69, 9.17) is 22.6 Å². The number of nitriles is 1. The normalized spacial score (nSPS) is 10.2. The molecule has 66 valence electrons. The molecule has 0 heterocycles. The molecule has 0 amide bonds. The monoisotopic (exact) mass is 192 g/mol. The third-order valence-electron chi connectivity index (χ3n) is 1.58. The van der Waals surface area contributed by atoms with E-state index in [2.05, 4.69) is 0 Å². The Hall–Kier alpha value is -1.46.